The molecule has 1 fully saturated rings. The maximum Gasteiger partial charge on any atom is 0.332 e. The number of aromatic nitrogens is 3. The Bertz CT molecular complexity index is 1170. The molecule has 2 aliphatic heterocycles. The third-order valence-electron chi connectivity index (χ3n) is 6.23. The van der Waals surface area contributed by atoms with Crippen molar-refractivity contribution < 1.29 is 4.74 Å². The summed E-state index contributed by atoms with van der Waals surface area (Å²) in [6.07, 6.45) is 1.76. The van der Waals surface area contributed by atoms with E-state index in [1.165, 1.54) is 10.2 Å². The van der Waals surface area contributed by atoms with Crippen LogP contribution < -0.4 is 15.9 Å². The summed E-state index contributed by atoms with van der Waals surface area (Å²) in [6.45, 7) is 3.75. The smallest absolute Gasteiger partial charge is 0.332 e. The highest BCUT2D eigenvalue weighted by atomic mass is 32.1. The van der Waals surface area contributed by atoms with Crippen molar-refractivity contribution in [3.63, 3.8) is 0 Å². The predicted molar refractivity (Wildman–Crippen MR) is 115 cm³/mol. The van der Waals surface area contributed by atoms with Crippen molar-refractivity contribution in [2.24, 2.45) is 5.41 Å². The lowest BCUT2D eigenvalue weighted by molar-refractivity contribution is 0.246. The third-order valence-corrected chi connectivity index (χ3v) is 6.96. The van der Waals surface area contributed by atoms with Gasteiger partial charge in [0.15, 0.2) is 0 Å². The molecule has 0 bridgehead atoms. The summed E-state index contributed by atoms with van der Waals surface area (Å²) in [5.41, 5.74) is 1.23. The second-order valence-corrected chi connectivity index (χ2v) is 9.17. The molecule has 1 spiro atoms. The topological polar surface area (TPSA) is 69.4 Å². The quantitative estimate of drug-likeness (QED) is 0.586. The minimum absolute atomic E-state index is 0.000911. The standard InChI is InChI=1S/C22H24N4O3S/c1-29-18-4-2-16(3-5-18)12-26-21(28)20(27)25-15-22(10-19(25)23-26)7-8-24(14-22)11-17-6-9-30-13-17/h2-6,9,13H,7-8,10-12,14-15H2,1H3/t22-/m1/s1. The van der Waals surface area contributed by atoms with Crippen LogP contribution in [0.25, 0.3) is 0 Å². The molecule has 0 unspecified atom stereocenters. The van der Waals surface area contributed by atoms with E-state index in [-0.39, 0.29) is 12.0 Å². The third kappa shape index (κ3) is 3.50. The molecular formula is C22H24N4O3S. The normalized spacial score (nSPS) is 20.7. The Hall–Kier alpha value is -2.71. The number of nitrogens with zero attached hydrogens (tertiary/aromatic N) is 4. The van der Waals surface area contributed by atoms with Crippen LogP contribution in [0.4, 0.5) is 0 Å². The molecule has 5 rings (SSSR count). The fourth-order valence-electron chi connectivity index (χ4n) is 4.69. The molecule has 0 N–H and O–H groups in total. The highest BCUT2D eigenvalue weighted by molar-refractivity contribution is 7.07. The molecule has 2 aliphatic rings. The minimum atomic E-state index is -0.556. The Balaban J connectivity index is 1.36. The van der Waals surface area contributed by atoms with Crippen molar-refractivity contribution in [3.05, 3.63) is 78.8 Å². The molecular weight excluding hydrogens is 400 g/mol. The fraction of sp³-hybridized carbons (Fsp3) is 0.409. The molecule has 0 radical (unpaired) electrons. The van der Waals surface area contributed by atoms with E-state index in [1.807, 2.05) is 24.3 Å². The van der Waals surface area contributed by atoms with Gasteiger partial charge in [0.05, 0.1) is 13.7 Å². The Morgan fingerprint density at radius 3 is 2.63 bits per heavy atom. The molecule has 0 amide bonds. The predicted octanol–water partition coefficient (Wildman–Crippen LogP) is 1.97. The number of hydrogen-bond acceptors (Lipinski definition) is 6. The SMILES string of the molecule is COc1ccc(Cn2nc3n(c(=O)c2=O)C[C@]2(CCN(Cc4ccsc4)C2)C3)cc1. The molecule has 1 saturated heterocycles. The monoisotopic (exact) mass is 424 g/mol. The van der Waals surface area contributed by atoms with Crippen LogP contribution in [-0.4, -0.2) is 39.4 Å². The summed E-state index contributed by atoms with van der Waals surface area (Å²) < 4.78 is 8.10. The second kappa shape index (κ2) is 7.52. The van der Waals surface area contributed by atoms with Gasteiger partial charge < -0.3 is 4.74 Å². The van der Waals surface area contributed by atoms with Gasteiger partial charge in [-0.3, -0.25) is 19.1 Å². The van der Waals surface area contributed by atoms with Gasteiger partial charge in [0.25, 0.3) is 0 Å². The molecule has 8 heteroatoms. The molecule has 4 heterocycles. The zero-order valence-electron chi connectivity index (χ0n) is 16.9. The lowest BCUT2D eigenvalue weighted by Crippen LogP contribution is -2.43. The van der Waals surface area contributed by atoms with E-state index in [2.05, 4.69) is 26.8 Å². The summed E-state index contributed by atoms with van der Waals surface area (Å²) in [4.78, 5) is 27.9. The van der Waals surface area contributed by atoms with Gasteiger partial charge in [-0.25, -0.2) is 4.68 Å². The number of ether oxygens (including phenoxy) is 1. The van der Waals surface area contributed by atoms with Gasteiger partial charge in [0.2, 0.25) is 0 Å². The maximum absolute atomic E-state index is 12.8. The van der Waals surface area contributed by atoms with Crippen LogP contribution in [-0.2, 0) is 26.1 Å². The van der Waals surface area contributed by atoms with Crippen LogP contribution in [0.2, 0.25) is 0 Å². The van der Waals surface area contributed by atoms with Crippen LogP contribution in [0.5, 0.6) is 5.75 Å². The van der Waals surface area contributed by atoms with E-state index in [4.69, 9.17) is 4.74 Å². The molecule has 0 saturated carbocycles. The van der Waals surface area contributed by atoms with Crippen molar-refractivity contribution in [2.45, 2.75) is 32.5 Å². The van der Waals surface area contributed by atoms with Crippen molar-refractivity contribution >= 4 is 11.3 Å². The summed E-state index contributed by atoms with van der Waals surface area (Å²) >= 11 is 1.72. The number of fused-ring (bicyclic) bond motifs is 1. The zero-order valence-corrected chi connectivity index (χ0v) is 17.7. The van der Waals surface area contributed by atoms with E-state index < -0.39 is 11.1 Å². The largest absolute Gasteiger partial charge is 0.497 e. The van der Waals surface area contributed by atoms with Gasteiger partial charge >= 0.3 is 11.1 Å². The van der Waals surface area contributed by atoms with Gasteiger partial charge in [-0.1, -0.05) is 12.1 Å². The molecule has 1 aromatic carbocycles. The zero-order chi connectivity index (χ0) is 20.7. The Labute approximate surface area is 178 Å². The van der Waals surface area contributed by atoms with Crippen LogP contribution >= 0.6 is 11.3 Å². The molecule has 2 aromatic heterocycles. The molecule has 156 valence electrons. The lowest BCUT2D eigenvalue weighted by Gasteiger charge is -2.22. The second-order valence-electron chi connectivity index (χ2n) is 8.39. The number of rotatable bonds is 5. The molecule has 3 aromatic rings. The van der Waals surface area contributed by atoms with Crippen LogP contribution in [0.15, 0.2) is 50.7 Å². The van der Waals surface area contributed by atoms with Crippen LogP contribution in [0.1, 0.15) is 23.4 Å². The number of likely N-dealkylation sites (tertiary alicyclic amines) is 1. The first kappa shape index (κ1) is 19.3. The molecule has 7 nitrogen and oxygen atoms in total. The van der Waals surface area contributed by atoms with E-state index in [1.54, 1.807) is 23.0 Å². The summed E-state index contributed by atoms with van der Waals surface area (Å²) in [6, 6.07) is 9.63. The Morgan fingerprint density at radius 2 is 1.90 bits per heavy atom. The molecule has 1 atom stereocenters. The highest BCUT2D eigenvalue weighted by Crippen LogP contribution is 2.39. The van der Waals surface area contributed by atoms with Gasteiger partial charge in [-0.05, 0) is 53.1 Å². The first-order valence-corrected chi connectivity index (χ1v) is 11.1. The summed E-state index contributed by atoms with van der Waals surface area (Å²) in [5.74, 6) is 1.48. The Kier molecular flexibility index (Phi) is 4.83. The average Bonchev–Trinajstić information content (AvgIpc) is 3.48. The van der Waals surface area contributed by atoms with E-state index in [0.29, 0.717) is 6.54 Å². The first-order valence-electron chi connectivity index (χ1n) is 10.1. The number of thiophene rings is 1. The highest BCUT2D eigenvalue weighted by Gasteiger charge is 2.44. The van der Waals surface area contributed by atoms with Crippen LogP contribution in [0.3, 0.4) is 0 Å². The van der Waals surface area contributed by atoms with Crippen LogP contribution in [0, 0.1) is 5.41 Å². The molecule has 30 heavy (non-hydrogen) atoms. The Morgan fingerprint density at radius 1 is 1.07 bits per heavy atom. The van der Waals surface area contributed by atoms with E-state index in [9.17, 15) is 9.59 Å². The molecule has 0 aliphatic carbocycles. The number of hydrogen-bond donors (Lipinski definition) is 0. The van der Waals surface area contributed by atoms with Crippen molar-refractivity contribution in [2.75, 3.05) is 20.2 Å². The van der Waals surface area contributed by atoms with E-state index >= 15 is 0 Å². The fourth-order valence-corrected chi connectivity index (χ4v) is 5.35. The average molecular weight is 425 g/mol. The first-order chi connectivity index (χ1) is 14.5. The lowest BCUT2D eigenvalue weighted by atomic mass is 9.86. The summed E-state index contributed by atoms with van der Waals surface area (Å²) in [7, 11) is 1.61. The van der Waals surface area contributed by atoms with Crippen molar-refractivity contribution in [3.8, 4) is 5.75 Å². The number of methoxy groups -OCH3 is 1. The van der Waals surface area contributed by atoms with Crippen molar-refractivity contribution in [1.29, 1.82) is 0 Å². The van der Waals surface area contributed by atoms with Gasteiger partial charge in [0, 0.05) is 31.5 Å². The number of benzene rings is 1. The maximum atomic E-state index is 12.8. The van der Waals surface area contributed by atoms with Gasteiger partial charge in [-0.15, -0.1) is 0 Å². The van der Waals surface area contributed by atoms with Crippen molar-refractivity contribution in [1.82, 2.24) is 19.2 Å². The van der Waals surface area contributed by atoms with E-state index in [0.717, 1.165) is 49.6 Å². The summed E-state index contributed by atoms with van der Waals surface area (Å²) in [5, 5.41) is 8.88. The minimum Gasteiger partial charge on any atom is -0.497 e. The van der Waals surface area contributed by atoms with Gasteiger partial charge in [-0.2, -0.15) is 16.4 Å². The van der Waals surface area contributed by atoms with Gasteiger partial charge in [0.1, 0.15) is 11.6 Å².